The Labute approximate surface area is 119 Å². The molecule has 0 saturated carbocycles. The number of sulfonamides is 1. The molecule has 1 aliphatic rings. The van der Waals surface area contributed by atoms with Gasteiger partial charge < -0.3 is 5.11 Å². The topological polar surface area (TPSA) is 118 Å². The molecular formula is C11H11FN2O6S. The number of nitro groups is 1. The summed E-state index contributed by atoms with van der Waals surface area (Å²) in [5, 5.41) is 19.7. The van der Waals surface area contributed by atoms with Crippen LogP contribution in [0.25, 0.3) is 0 Å². The summed E-state index contributed by atoms with van der Waals surface area (Å²) in [6.45, 7) is 0.00444. The van der Waals surface area contributed by atoms with Crippen LogP contribution in [0.15, 0.2) is 23.1 Å². The Balaban J connectivity index is 2.47. The molecule has 1 saturated heterocycles. The van der Waals surface area contributed by atoms with Crippen LogP contribution >= 0.6 is 0 Å². The summed E-state index contributed by atoms with van der Waals surface area (Å²) in [4.78, 5) is 20.2. The minimum Gasteiger partial charge on any atom is -0.480 e. The molecule has 0 aromatic heterocycles. The van der Waals surface area contributed by atoms with E-state index in [1.165, 1.54) is 0 Å². The molecule has 0 amide bonds. The maximum Gasteiger partial charge on any atom is 0.322 e. The van der Waals surface area contributed by atoms with Crippen molar-refractivity contribution >= 4 is 21.7 Å². The van der Waals surface area contributed by atoms with Crippen LogP contribution in [0.5, 0.6) is 0 Å². The standard InChI is InChI=1S/C11H11FN2O6S/c12-8-4-3-7(6-10(8)14(17)18)21(19,20)13-5-1-2-9(13)11(15)16/h3-4,6,9H,1-2,5H2,(H,15,16)/t9-/m0/s1. The Bertz CT molecular complexity index is 705. The first-order valence-electron chi connectivity index (χ1n) is 5.93. The minimum atomic E-state index is -4.22. The van der Waals surface area contributed by atoms with Crippen LogP contribution in [-0.2, 0) is 14.8 Å². The molecule has 0 aliphatic carbocycles. The van der Waals surface area contributed by atoms with Crippen LogP contribution in [0.1, 0.15) is 12.8 Å². The average molecular weight is 318 g/mol. The van der Waals surface area contributed by atoms with Crippen LogP contribution in [0.4, 0.5) is 10.1 Å². The molecule has 0 unspecified atom stereocenters. The predicted octanol–water partition coefficient (Wildman–Crippen LogP) is 0.972. The van der Waals surface area contributed by atoms with Crippen LogP contribution in [0, 0.1) is 15.9 Å². The summed E-state index contributed by atoms with van der Waals surface area (Å²) < 4.78 is 38.7. The molecule has 0 radical (unpaired) electrons. The van der Waals surface area contributed by atoms with Crippen LogP contribution in [0.2, 0.25) is 0 Å². The van der Waals surface area contributed by atoms with Crippen molar-refractivity contribution in [2.75, 3.05) is 6.54 Å². The zero-order valence-corrected chi connectivity index (χ0v) is 11.4. The first-order chi connectivity index (χ1) is 9.75. The second kappa shape index (κ2) is 5.37. The van der Waals surface area contributed by atoms with Gasteiger partial charge in [0.05, 0.1) is 9.82 Å². The third kappa shape index (κ3) is 2.72. The molecular weight excluding hydrogens is 307 g/mol. The van der Waals surface area contributed by atoms with Gasteiger partial charge >= 0.3 is 11.7 Å². The number of carboxylic acid groups (broad SMARTS) is 1. The number of hydrogen-bond donors (Lipinski definition) is 1. The number of hydrogen-bond acceptors (Lipinski definition) is 5. The second-order valence-corrected chi connectivity index (χ2v) is 6.37. The first kappa shape index (κ1) is 15.3. The van der Waals surface area contributed by atoms with Gasteiger partial charge in [-0.3, -0.25) is 14.9 Å². The summed E-state index contributed by atoms with van der Waals surface area (Å²) in [5.74, 6) is -2.44. The molecule has 2 rings (SSSR count). The van der Waals surface area contributed by atoms with Gasteiger partial charge in [-0.25, -0.2) is 8.42 Å². The van der Waals surface area contributed by atoms with Crippen molar-refractivity contribution in [3.05, 3.63) is 34.1 Å². The molecule has 10 heteroatoms. The smallest absolute Gasteiger partial charge is 0.322 e. The lowest BCUT2D eigenvalue weighted by Gasteiger charge is -2.20. The van der Waals surface area contributed by atoms with E-state index in [0.717, 1.165) is 10.4 Å². The Morgan fingerprint density at radius 3 is 2.71 bits per heavy atom. The van der Waals surface area contributed by atoms with Crippen molar-refractivity contribution in [1.29, 1.82) is 0 Å². The minimum absolute atomic E-state index is 0.00444. The second-order valence-electron chi connectivity index (χ2n) is 4.48. The molecule has 21 heavy (non-hydrogen) atoms. The van der Waals surface area contributed by atoms with E-state index in [4.69, 9.17) is 5.11 Å². The molecule has 0 spiro atoms. The first-order valence-corrected chi connectivity index (χ1v) is 7.37. The monoisotopic (exact) mass is 318 g/mol. The third-order valence-corrected chi connectivity index (χ3v) is 5.11. The highest BCUT2D eigenvalue weighted by molar-refractivity contribution is 7.89. The van der Waals surface area contributed by atoms with Crippen molar-refractivity contribution in [3.63, 3.8) is 0 Å². The van der Waals surface area contributed by atoms with E-state index >= 15 is 0 Å². The lowest BCUT2D eigenvalue weighted by Crippen LogP contribution is -2.40. The van der Waals surface area contributed by atoms with Crippen LogP contribution < -0.4 is 0 Å². The van der Waals surface area contributed by atoms with E-state index in [-0.39, 0.29) is 13.0 Å². The van der Waals surface area contributed by atoms with E-state index in [1.807, 2.05) is 0 Å². The molecule has 1 atom stereocenters. The number of carbonyl (C=O) groups is 1. The summed E-state index contributed by atoms with van der Waals surface area (Å²) in [6, 6.07) is 0.951. The van der Waals surface area contributed by atoms with Crippen LogP contribution in [0.3, 0.4) is 0 Å². The molecule has 1 aliphatic heterocycles. The quantitative estimate of drug-likeness (QED) is 0.653. The van der Waals surface area contributed by atoms with E-state index in [9.17, 15) is 27.7 Å². The van der Waals surface area contributed by atoms with Crippen LogP contribution in [-0.4, -0.2) is 41.3 Å². The Hall–Kier alpha value is -2.07. The molecule has 0 bridgehead atoms. The highest BCUT2D eigenvalue weighted by Crippen LogP contribution is 2.29. The van der Waals surface area contributed by atoms with Crippen molar-refractivity contribution in [3.8, 4) is 0 Å². The van der Waals surface area contributed by atoms with Gasteiger partial charge in [-0.15, -0.1) is 0 Å². The number of nitrogens with zero attached hydrogens (tertiary/aromatic N) is 2. The zero-order chi connectivity index (χ0) is 15.8. The summed E-state index contributed by atoms with van der Waals surface area (Å²) in [7, 11) is -4.22. The highest BCUT2D eigenvalue weighted by Gasteiger charge is 2.40. The zero-order valence-electron chi connectivity index (χ0n) is 10.6. The number of halogens is 1. The Kier molecular flexibility index (Phi) is 3.92. The highest BCUT2D eigenvalue weighted by atomic mass is 32.2. The fraction of sp³-hybridized carbons (Fsp3) is 0.364. The molecule has 1 N–H and O–H groups in total. The van der Waals surface area contributed by atoms with Crippen molar-refractivity contribution in [2.24, 2.45) is 0 Å². The molecule has 8 nitrogen and oxygen atoms in total. The van der Waals surface area contributed by atoms with Crippen molar-refractivity contribution in [2.45, 2.75) is 23.8 Å². The lowest BCUT2D eigenvalue weighted by atomic mass is 10.2. The SMILES string of the molecule is O=C(O)[C@@H]1CCCN1S(=O)(=O)c1ccc(F)c([N+](=O)[O-])c1. The molecule has 1 aromatic carbocycles. The van der Waals surface area contributed by atoms with Gasteiger partial charge in [0.25, 0.3) is 0 Å². The van der Waals surface area contributed by atoms with E-state index in [0.29, 0.717) is 18.6 Å². The van der Waals surface area contributed by atoms with E-state index in [2.05, 4.69) is 0 Å². The Morgan fingerprint density at radius 1 is 1.48 bits per heavy atom. The van der Waals surface area contributed by atoms with Crippen molar-refractivity contribution in [1.82, 2.24) is 4.31 Å². The lowest BCUT2D eigenvalue weighted by molar-refractivity contribution is -0.387. The van der Waals surface area contributed by atoms with Gasteiger partial charge in [0.2, 0.25) is 15.8 Å². The predicted molar refractivity (Wildman–Crippen MR) is 67.6 cm³/mol. The largest absolute Gasteiger partial charge is 0.480 e. The third-order valence-electron chi connectivity index (χ3n) is 3.21. The summed E-state index contributed by atoms with van der Waals surface area (Å²) in [6.07, 6.45) is 0.539. The van der Waals surface area contributed by atoms with Gasteiger partial charge in [0.1, 0.15) is 6.04 Å². The van der Waals surface area contributed by atoms with Gasteiger partial charge in [0, 0.05) is 12.6 Å². The molecule has 114 valence electrons. The van der Waals surface area contributed by atoms with E-state index < -0.39 is 43.4 Å². The number of benzene rings is 1. The number of rotatable bonds is 4. The van der Waals surface area contributed by atoms with Gasteiger partial charge in [-0.2, -0.15) is 8.70 Å². The maximum atomic E-state index is 13.2. The fourth-order valence-corrected chi connectivity index (χ4v) is 3.87. The number of carboxylic acids is 1. The maximum absolute atomic E-state index is 13.2. The number of nitro benzene ring substituents is 1. The normalized spacial score (nSPS) is 19.6. The molecule has 1 heterocycles. The summed E-state index contributed by atoms with van der Waals surface area (Å²) in [5.41, 5.74) is -0.970. The summed E-state index contributed by atoms with van der Waals surface area (Å²) >= 11 is 0. The molecule has 1 aromatic rings. The van der Waals surface area contributed by atoms with Crippen molar-refractivity contribution < 1.29 is 27.6 Å². The average Bonchev–Trinajstić information content (AvgIpc) is 2.88. The Morgan fingerprint density at radius 2 is 2.14 bits per heavy atom. The van der Waals surface area contributed by atoms with E-state index in [1.54, 1.807) is 0 Å². The fourth-order valence-electron chi connectivity index (χ4n) is 2.20. The van der Waals surface area contributed by atoms with Gasteiger partial charge in [-0.1, -0.05) is 0 Å². The molecule has 1 fully saturated rings. The van der Waals surface area contributed by atoms with Gasteiger partial charge in [-0.05, 0) is 25.0 Å². The van der Waals surface area contributed by atoms with Gasteiger partial charge in [0.15, 0.2) is 0 Å². The number of aliphatic carboxylic acids is 1.